The number of H-pyrrole nitrogens is 1. The molecule has 9 heteroatoms. The standard InChI is InChI=1S/C15H9Cl2N3O4/c16-8-1-3-12-10(5-8)15(21)19-14(18-12)7-24-13-4-2-9(20(22)23)6-11(13)17/h1-6H,7H2,(H,18,19,21). The lowest BCUT2D eigenvalue weighted by Crippen LogP contribution is -2.13. The summed E-state index contributed by atoms with van der Waals surface area (Å²) in [4.78, 5) is 29.0. The number of aromatic nitrogens is 2. The van der Waals surface area contributed by atoms with Crippen LogP contribution in [-0.2, 0) is 6.61 Å². The van der Waals surface area contributed by atoms with Crippen molar-refractivity contribution < 1.29 is 9.66 Å². The molecule has 0 saturated carbocycles. The SMILES string of the molecule is O=c1[nH]c(COc2ccc([N+](=O)[O-])cc2Cl)nc2ccc(Cl)cc12. The lowest BCUT2D eigenvalue weighted by Gasteiger charge is -2.08. The number of nitrogens with one attached hydrogen (secondary N) is 1. The molecule has 0 bridgehead atoms. The number of fused-ring (bicyclic) bond motifs is 1. The van der Waals surface area contributed by atoms with Crippen LogP contribution in [0.1, 0.15) is 5.82 Å². The molecule has 122 valence electrons. The molecule has 3 aromatic rings. The van der Waals surface area contributed by atoms with Gasteiger partial charge in [-0.15, -0.1) is 0 Å². The highest BCUT2D eigenvalue weighted by atomic mass is 35.5. The van der Waals surface area contributed by atoms with E-state index in [1.807, 2.05) is 0 Å². The maximum Gasteiger partial charge on any atom is 0.271 e. The molecule has 0 saturated heterocycles. The summed E-state index contributed by atoms with van der Waals surface area (Å²) in [6.45, 7) is -0.0503. The van der Waals surface area contributed by atoms with Crippen molar-refractivity contribution in [1.82, 2.24) is 9.97 Å². The minimum Gasteiger partial charge on any atom is -0.484 e. The third kappa shape index (κ3) is 3.32. The first-order valence-corrected chi connectivity index (χ1v) is 7.45. The van der Waals surface area contributed by atoms with E-state index in [2.05, 4.69) is 9.97 Å². The molecule has 0 aliphatic carbocycles. The quantitative estimate of drug-likeness (QED) is 0.561. The number of ether oxygens (including phenoxy) is 1. The van der Waals surface area contributed by atoms with Crippen molar-refractivity contribution in [3.05, 3.63) is 72.7 Å². The zero-order valence-electron chi connectivity index (χ0n) is 12.0. The number of aromatic amines is 1. The third-order valence-corrected chi connectivity index (χ3v) is 3.74. The summed E-state index contributed by atoms with van der Waals surface area (Å²) in [6.07, 6.45) is 0. The van der Waals surface area contributed by atoms with E-state index in [-0.39, 0.29) is 28.6 Å². The lowest BCUT2D eigenvalue weighted by molar-refractivity contribution is -0.384. The Hall–Kier alpha value is -2.64. The molecule has 0 amide bonds. The van der Waals surface area contributed by atoms with Crippen molar-refractivity contribution >= 4 is 39.8 Å². The van der Waals surface area contributed by atoms with Crippen LogP contribution in [0.3, 0.4) is 0 Å². The smallest absolute Gasteiger partial charge is 0.271 e. The Bertz CT molecular complexity index is 1000. The van der Waals surface area contributed by atoms with Crippen LogP contribution in [0.4, 0.5) is 5.69 Å². The van der Waals surface area contributed by atoms with Crippen molar-refractivity contribution in [2.24, 2.45) is 0 Å². The van der Waals surface area contributed by atoms with Gasteiger partial charge in [0.05, 0.1) is 20.8 Å². The average Bonchev–Trinajstić information content (AvgIpc) is 2.54. The van der Waals surface area contributed by atoms with Gasteiger partial charge in [-0.3, -0.25) is 14.9 Å². The summed E-state index contributed by atoms with van der Waals surface area (Å²) >= 11 is 11.8. The highest BCUT2D eigenvalue weighted by Gasteiger charge is 2.11. The van der Waals surface area contributed by atoms with Crippen LogP contribution in [-0.4, -0.2) is 14.9 Å². The molecule has 0 radical (unpaired) electrons. The third-order valence-electron chi connectivity index (χ3n) is 3.21. The van der Waals surface area contributed by atoms with Crippen molar-refractivity contribution in [3.8, 4) is 5.75 Å². The summed E-state index contributed by atoms with van der Waals surface area (Å²) < 4.78 is 5.47. The number of hydrogen-bond acceptors (Lipinski definition) is 5. The molecular weight excluding hydrogens is 357 g/mol. The van der Waals surface area contributed by atoms with Crippen molar-refractivity contribution in [2.75, 3.05) is 0 Å². The number of hydrogen-bond donors (Lipinski definition) is 1. The molecule has 24 heavy (non-hydrogen) atoms. The molecule has 7 nitrogen and oxygen atoms in total. The molecule has 1 N–H and O–H groups in total. The zero-order chi connectivity index (χ0) is 17.3. The van der Waals surface area contributed by atoms with E-state index >= 15 is 0 Å². The number of benzene rings is 2. The summed E-state index contributed by atoms with van der Waals surface area (Å²) in [6, 6.07) is 8.65. The topological polar surface area (TPSA) is 98.1 Å². The number of nitro benzene ring substituents is 1. The van der Waals surface area contributed by atoms with Crippen LogP contribution in [0.5, 0.6) is 5.75 Å². The maximum absolute atomic E-state index is 12.0. The summed E-state index contributed by atoms with van der Waals surface area (Å²) in [7, 11) is 0. The predicted molar refractivity (Wildman–Crippen MR) is 89.8 cm³/mol. The first-order chi connectivity index (χ1) is 11.4. The molecule has 1 heterocycles. The van der Waals surface area contributed by atoms with Gasteiger partial charge in [0.15, 0.2) is 0 Å². The Morgan fingerprint density at radius 3 is 2.71 bits per heavy atom. The second-order valence-electron chi connectivity index (χ2n) is 4.83. The van der Waals surface area contributed by atoms with Gasteiger partial charge in [0.1, 0.15) is 18.2 Å². The van der Waals surface area contributed by atoms with E-state index < -0.39 is 4.92 Å². The van der Waals surface area contributed by atoms with Gasteiger partial charge >= 0.3 is 0 Å². The Labute approximate surface area is 145 Å². The fourth-order valence-corrected chi connectivity index (χ4v) is 2.50. The molecule has 1 aromatic heterocycles. The lowest BCUT2D eigenvalue weighted by atomic mass is 10.2. The van der Waals surface area contributed by atoms with Gasteiger partial charge in [0, 0.05) is 17.2 Å². The van der Waals surface area contributed by atoms with Crippen molar-refractivity contribution in [2.45, 2.75) is 6.61 Å². The van der Waals surface area contributed by atoms with Gasteiger partial charge in [-0.05, 0) is 24.3 Å². The Kier molecular flexibility index (Phi) is 4.37. The summed E-state index contributed by atoms with van der Waals surface area (Å²) in [5.74, 6) is 0.547. The predicted octanol–water partition coefficient (Wildman–Crippen LogP) is 3.72. The van der Waals surface area contributed by atoms with Gasteiger partial charge in [0.25, 0.3) is 11.2 Å². The number of nitrogens with zero attached hydrogens (tertiary/aromatic N) is 2. The number of non-ortho nitro benzene ring substituents is 1. The number of halogens is 2. The molecular formula is C15H9Cl2N3O4. The monoisotopic (exact) mass is 365 g/mol. The molecule has 0 atom stereocenters. The minimum absolute atomic E-state index is 0.0503. The number of nitro groups is 1. The molecule has 0 fully saturated rings. The van der Waals surface area contributed by atoms with Crippen LogP contribution >= 0.6 is 23.2 Å². The minimum atomic E-state index is -0.552. The summed E-state index contributed by atoms with van der Waals surface area (Å²) in [5.41, 5.74) is 0.00825. The van der Waals surface area contributed by atoms with E-state index in [4.69, 9.17) is 27.9 Å². The van der Waals surface area contributed by atoms with Gasteiger partial charge in [-0.1, -0.05) is 23.2 Å². The van der Waals surface area contributed by atoms with E-state index in [9.17, 15) is 14.9 Å². The molecule has 0 aliphatic heterocycles. The van der Waals surface area contributed by atoms with E-state index in [1.54, 1.807) is 12.1 Å². The van der Waals surface area contributed by atoms with E-state index in [0.29, 0.717) is 21.7 Å². The van der Waals surface area contributed by atoms with Crippen molar-refractivity contribution in [1.29, 1.82) is 0 Å². The zero-order valence-corrected chi connectivity index (χ0v) is 13.5. The van der Waals surface area contributed by atoms with Gasteiger partial charge in [0.2, 0.25) is 0 Å². The largest absolute Gasteiger partial charge is 0.484 e. The second kappa shape index (κ2) is 6.46. The van der Waals surface area contributed by atoms with Gasteiger partial charge in [-0.25, -0.2) is 4.98 Å². The molecule has 2 aromatic carbocycles. The molecule has 0 unspecified atom stereocenters. The first kappa shape index (κ1) is 16.2. The Balaban J connectivity index is 1.85. The molecule has 0 aliphatic rings. The van der Waals surface area contributed by atoms with Crippen LogP contribution in [0.25, 0.3) is 10.9 Å². The normalized spacial score (nSPS) is 10.8. The average molecular weight is 366 g/mol. The highest BCUT2D eigenvalue weighted by molar-refractivity contribution is 6.32. The fraction of sp³-hybridized carbons (Fsp3) is 0.0667. The highest BCUT2D eigenvalue weighted by Crippen LogP contribution is 2.29. The van der Waals surface area contributed by atoms with Crippen molar-refractivity contribution in [3.63, 3.8) is 0 Å². The van der Waals surface area contributed by atoms with Crippen LogP contribution in [0, 0.1) is 10.1 Å². The van der Waals surface area contributed by atoms with Gasteiger partial charge in [-0.2, -0.15) is 0 Å². The second-order valence-corrected chi connectivity index (χ2v) is 5.68. The van der Waals surface area contributed by atoms with Crippen LogP contribution in [0.15, 0.2) is 41.2 Å². The summed E-state index contributed by atoms with van der Waals surface area (Å²) in [5, 5.41) is 11.6. The Morgan fingerprint density at radius 2 is 2.00 bits per heavy atom. The van der Waals surface area contributed by atoms with Gasteiger partial charge < -0.3 is 9.72 Å². The van der Waals surface area contributed by atoms with Crippen LogP contribution < -0.4 is 10.3 Å². The van der Waals surface area contributed by atoms with E-state index in [1.165, 1.54) is 24.3 Å². The maximum atomic E-state index is 12.0. The van der Waals surface area contributed by atoms with Crippen LogP contribution in [0.2, 0.25) is 10.0 Å². The van der Waals surface area contributed by atoms with E-state index in [0.717, 1.165) is 0 Å². The fourth-order valence-electron chi connectivity index (χ4n) is 2.09. The first-order valence-electron chi connectivity index (χ1n) is 6.69. The number of rotatable bonds is 4. The Morgan fingerprint density at radius 1 is 1.21 bits per heavy atom. The molecule has 0 spiro atoms. The molecule has 3 rings (SSSR count).